The Labute approximate surface area is 127 Å². The summed E-state index contributed by atoms with van der Waals surface area (Å²) in [5, 5.41) is 13.4. The number of carboxylic acids is 1. The molecule has 0 amide bonds. The third-order valence-corrected chi connectivity index (χ3v) is 4.68. The maximum atomic E-state index is 12.4. The number of benzene rings is 1. The molecule has 0 radical (unpaired) electrons. The van der Waals surface area contributed by atoms with E-state index in [4.69, 9.17) is 5.11 Å². The van der Waals surface area contributed by atoms with Crippen molar-refractivity contribution in [2.75, 3.05) is 0 Å². The van der Waals surface area contributed by atoms with E-state index in [-0.39, 0.29) is 11.3 Å². The zero-order chi connectivity index (χ0) is 14.9. The first-order valence-electron chi connectivity index (χ1n) is 5.79. The Hall–Kier alpha value is -1.47. The largest absolute Gasteiger partial charge is 0.478 e. The van der Waals surface area contributed by atoms with Crippen LogP contribution in [0, 0.1) is 6.92 Å². The molecule has 2 aromatic rings. The van der Waals surface area contributed by atoms with E-state index in [0.29, 0.717) is 9.37 Å². The molecule has 0 fully saturated rings. The molecule has 0 spiro atoms. The minimum atomic E-state index is -1.45. The van der Waals surface area contributed by atoms with Crippen LogP contribution in [0.4, 0.5) is 0 Å². The van der Waals surface area contributed by atoms with Gasteiger partial charge in [-0.1, -0.05) is 15.9 Å². The molecular formula is C13H13BrN2O3S. The van der Waals surface area contributed by atoms with Crippen molar-refractivity contribution in [2.24, 2.45) is 7.05 Å². The number of aromatic nitrogens is 2. The molecule has 0 bridgehead atoms. The Bertz CT molecular complexity index is 697. The summed E-state index contributed by atoms with van der Waals surface area (Å²) in [5.41, 5.74) is 1.70. The Morgan fingerprint density at radius 1 is 1.45 bits per heavy atom. The molecule has 0 saturated carbocycles. The van der Waals surface area contributed by atoms with Gasteiger partial charge in [-0.05, 0) is 31.2 Å². The van der Waals surface area contributed by atoms with Crippen LogP contribution in [-0.2, 0) is 23.6 Å². The zero-order valence-corrected chi connectivity index (χ0v) is 13.4. The van der Waals surface area contributed by atoms with E-state index in [0.717, 1.165) is 11.4 Å². The van der Waals surface area contributed by atoms with Crippen LogP contribution < -0.4 is 0 Å². The highest BCUT2D eigenvalue weighted by Crippen LogP contribution is 2.22. The zero-order valence-electron chi connectivity index (χ0n) is 11.0. The SMILES string of the molecule is Cc1cc(CS(=O)c2cc(Br)ccc2C(=O)O)n(C)n1. The van der Waals surface area contributed by atoms with Crippen molar-refractivity contribution in [3.8, 4) is 0 Å². The number of nitrogens with zero attached hydrogens (tertiary/aromatic N) is 2. The molecule has 20 heavy (non-hydrogen) atoms. The summed E-state index contributed by atoms with van der Waals surface area (Å²) in [4.78, 5) is 11.5. The fourth-order valence-electron chi connectivity index (χ4n) is 1.87. The van der Waals surface area contributed by atoms with Crippen molar-refractivity contribution in [3.05, 3.63) is 45.7 Å². The predicted molar refractivity (Wildman–Crippen MR) is 79.2 cm³/mol. The number of aryl methyl sites for hydroxylation is 2. The molecular weight excluding hydrogens is 344 g/mol. The Kier molecular flexibility index (Phi) is 4.39. The number of carbonyl (C=O) groups is 1. The summed E-state index contributed by atoms with van der Waals surface area (Å²) in [5.74, 6) is -0.851. The molecule has 1 atom stereocenters. The van der Waals surface area contributed by atoms with Gasteiger partial charge in [0.25, 0.3) is 0 Å². The summed E-state index contributed by atoms with van der Waals surface area (Å²) in [6.07, 6.45) is 0. The van der Waals surface area contributed by atoms with Gasteiger partial charge >= 0.3 is 5.97 Å². The molecule has 5 nitrogen and oxygen atoms in total. The molecule has 1 N–H and O–H groups in total. The van der Waals surface area contributed by atoms with Crippen LogP contribution >= 0.6 is 15.9 Å². The van der Waals surface area contributed by atoms with Crippen molar-refractivity contribution in [1.82, 2.24) is 9.78 Å². The Balaban J connectivity index is 2.36. The van der Waals surface area contributed by atoms with E-state index in [1.54, 1.807) is 23.9 Å². The van der Waals surface area contributed by atoms with Crippen molar-refractivity contribution >= 4 is 32.7 Å². The van der Waals surface area contributed by atoms with Crippen LogP contribution in [0.2, 0.25) is 0 Å². The van der Waals surface area contributed by atoms with Crippen molar-refractivity contribution < 1.29 is 14.1 Å². The standard InChI is InChI=1S/C13H13BrN2O3S/c1-8-5-10(16(2)15-8)7-20(19)12-6-9(14)3-4-11(12)13(17)18/h3-6H,7H2,1-2H3,(H,17,18). The maximum Gasteiger partial charge on any atom is 0.336 e. The molecule has 0 aliphatic rings. The van der Waals surface area contributed by atoms with Gasteiger partial charge in [0.05, 0.1) is 38.4 Å². The lowest BCUT2D eigenvalue weighted by atomic mass is 10.2. The van der Waals surface area contributed by atoms with Gasteiger partial charge < -0.3 is 5.11 Å². The van der Waals surface area contributed by atoms with Crippen LogP contribution in [0.3, 0.4) is 0 Å². The molecule has 1 aromatic carbocycles. The number of aromatic carboxylic acids is 1. The highest BCUT2D eigenvalue weighted by atomic mass is 79.9. The molecule has 1 heterocycles. The van der Waals surface area contributed by atoms with Gasteiger partial charge in [0.1, 0.15) is 0 Å². The molecule has 0 saturated heterocycles. The number of halogens is 1. The second-order valence-corrected chi connectivity index (χ2v) is 6.67. The number of hydrogen-bond donors (Lipinski definition) is 1. The first-order chi connectivity index (χ1) is 9.38. The number of hydrogen-bond acceptors (Lipinski definition) is 3. The van der Waals surface area contributed by atoms with Gasteiger partial charge in [0.2, 0.25) is 0 Å². The quantitative estimate of drug-likeness (QED) is 0.913. The van der Waals surface area contributed by atoms with Crippen molar-refractivity contribution in [2.45, 2.75) is 17.6 Å². The van der Waals surface area contributed by atoms with Crippen LogP contribution in [0.15, 0.2) is 33.6 Å². The minimum Gasteiger partial charge on any atom is -0.478 e. The molecule has 1 unspecified atom stereocenters. The summed E-state index contributed by atoms with van der Waals surface area (Å²) in [6.45, 7) is 1.86. The normalized spacial score (nSPS) is 12.3. The fraction of sp³-hybridized carbons (Fsp3) is 0.231. The van der Waals surface area contributed by atoms with E-state index in [2.05, 4.69) is 21.0 Å². The molecule has 0 aliphatic heterocycles. The van der Waals surface area contributed by atoms with Crippen LogP contribution in [0.5, 0.6) is 0 Å². The van der Waals surface area contributed by atoms with Gasteiger partial charge in [-0.2, -0.15) is 5.10 Å². The van der Waals surface area contributed by atoms with Gasteiger partial charge in [-0.15, -0.1) is 0 Å². The lowest BCUT2D eigenvalue weighted by Gasteiger charge is -2.07. The highest BCUT2D eigenvalue weighted by Gasteiger charge is 2.17. The second-order valence-electron chi connectivity index (χ2n) is 4.34. The molecule has 1 aromatic heterocycles. The second kappa shape index (κ2) is 5.88. The summed E-state index contributed by atoms with van der Waals surface area (Å²) >= 11 is 3.27. The molecule has 7 heteroatoms. The van der Waals surface area contributed by atoms with Gasteiger partial charge in [-0.3, -0.25) is 8.89 Å². The van der Waals surface area contributed by atoms with E-state index in [1.807, 2.05) is 13.0 Å². The third kappa shape index (κ3) is 3.16. The molecule has 106 valence electrons. The van der Waals surface area contributed by atoms with Crippen molar-refractivity contribution in [3.63, 3.8) is 0 Å². The lowest BCUT2D eigenvalue weighted by molar-refractivity contribution is 0.0693. The third-order valence-electron chi connectivity index (χ3n) is 2.80. The summed E-state index contributed by atoms with van der Waals surface area (Å²) in [7, 11) is 0.331. The monoisotopic (exact) mass is 356 g/mol. The Morgan fingerprint density at radius 3 is 2.70 bits per heavy atom. The van der Waals surface area contributed by atoms with Crippen LogP contribution in [0.25, 0.3) is 0 Å². The van der Waals surface area contributed by atoms with E-state index in [1.165, 1.54) is 6.07 Å². The molecule has 2 rings (SSSR count). The fourth-order valence-corrected chi connectivity index (χ4v) is 3.74. The van der Waals surface area contributed by atoms with Gasteiger partial charge in [-0.25, -0.2) is 4.79 Å². The summed E-state index contributed by atoms with van der Waals surface area (Å²) < 4.78 is 14.8. The van der Waals surface area contributed by atoms with E-state index < -0.39 is 16.8 Å². The highest BCUT2D eigenvalue weighted by molar-refractivity contribution is 9.10. The van der Waals surface area contributed by atoms with E-state index in [9.17, 15) is 9.00 Å². The minimum absolute atomic E-state index is 0.0606. The topological polar surface area (TPSA) is 72.2 Å². The Morgan fingerprint density at radius 2 is 2.15 bits per heavy atom. The number of carboxylic acid groups (broad SMARTS) is 1. The maximum absolute atomic E-state index is 12.4. The van der Waals surface area contributed by atoms with Gasteiger partial charge in [0.15, 0.2) is 0 Å². The van der Waals surface area contributed by atoms with Crippen LogP contribution in [-0.4, -0.2) is 25.1 Å². The average Bonchev–Trinajstić information content (AvgIpc) is 2.67. The average molecular weight is 357 g/mol. The summed E-state index contributed by atoms with van der Waals surface area (Å²) in [6, 6.07) is 6.51. The smallest absolute Gasteiger partial charge is 0.336 e. The van der Waals surface area contributed by atoms with Crippen LogP contribution in [0.1, 0.15) is 21.7 Å². The molecule has 0 aliphatic carbocycles. The predicted octanol–water partition coefficient (Wildman–Crippen LogP) is 2.50. The first-order valence-corrected chi connectivity index (χ1v) is 7.90. The van der Waals surface area contributed by atoms with E-state index >= 15 is 0 Å². The van der Waals surface area contributed by atoms with Crippen molar-refractivity contribution in [1.29, 1.82) is 0 Å². The first kappa shape index (κ1) is 14.9. The number of rotatable bonds is 4. The lowest BCUT2D eigenvalue weighted by Crippen LogP contribution is -2.08. The van der Waals surface area contributed by atoms with Gasteiger partial charge in [0, 0.05) is 11.5 Å².